The lowest BCUT2D eigenvalue weighted by Crippen LogP contribution is -2.33. The predicted molar refractivity (Wildman–Crippen MR) is 151 cm³/mol. The molecule has 0 atom stereocenters. The zero-order chi connectivity index (χ0) is 26.6. The Labute approximate surface area is 227 Å². The number of aromatic hydroxyl groups is 1. The van der Waals surface area contributed by atoms with Crippen molar-refractivity contribution in [2.75, 3.05) is 17.3 Å². The molecule has 0 radical (unpaired) electrons. The number of fused-ring (bicyclic) bond motifs is 1. The molecule has 196 valence electrons. The Bertz CT molecular complexity index is 1440. The molecule has 1 aliphatic rings. The van der Waals surface area contributed by atoms with Gasteiger partial charge in [-0.3, -0.25) is 14.9 Å². The van der Waals surface area contributed by atoms with Gasteiger partial charge in [0.15, 0.2) is 0 Å². The highest BCUT2D eigenvalue weighted by Gasteiger charge is 2.25. The number of rotatable bonds is 7. The van der Waals surface area contributed by atoms with E-state index in [1.807, 2.05) is 41.9 Å². The van der Waals surface area contributed by atoms with Crippen molar-refractivity contribution in [2.24, 2.45) is 5.92 Å². The van der Waals surface area contributed by atoms with Crippen molar-refractivity contribution in [1.29, 1.82) is 0 Å². The summed E-state index contributed by atoms with van der Waals surface area (Å²) in [6.07, 6.45) is 5.97. The fourth-order valence-corrected chi connectivity index (χ4v) is 5.20. The second-order valence-electron chi connectivity index (χ2n) is 9.87. The molecule has 5 rings (SSSR count). The Morgan fingerprint density at radius 3 is 2.45 bits per heavy atom. The van der Waals surface area contributed by atoms with Crippen LogP contribution in [0.5, 0.6) is 5.75 Å². The van der Waals surface area contributed by atoms with Crippen LogP contribution in [-0.2, 0) is 17.8 Å². The van der Waals surface area contributed by atoms with Crippen LogP contribution in [0.1, 0.15) is 48.0 Å². The van der Waals surface area contributed by atoms with Crippen LogP contribution in [-0.4, -0.2) is 33.5 Å². The number of benzene rings is 3. The molecule has 1 heterocycles. The van der Waals surface area contributed by atoms with Crippen molar-refractivity contribution in [3.8, 4) is 5.75 Å². The number of halogens is 1. The van der Waals surface area contributed by atoms with Crippen molar-refractivity contribution in [3.63, 3.8) is 0 Å². The third kappa shape index (κ3) is 5.68. The summed E-state index contributed by atoms with van der Waals surface area (Å²) < 4.78 is 1.97. The smallest absolute Gasteiger partial charge is 0.257 e. The molecule has 2 N–H and O–H groups in total. The van der Waals surface area contributed by atoms with Crippen LogP contribution in [0.4, 0.5) is 11.6 Å². The lowest BCUT2D eigenvalue weighted by molar-refractivity contribution is -0.123. The summed E-state index contributed by atoms with van der Waals surface area (Å²) in [5, 5.41) is 13.1. The first-order chi connectivity index (χ1) is 18.4. The molecule has 1 aliphatic carbocycles. The number of amides is 2. The molecule has 38 heavy (non-hydrogen) atoms. The number of phenolic OH excluding ortho intramolecular Hbond substituents is 1. The first-order valence-electron chi connectivity index (χ1n) is 13.0. The second-order valence-corrected chi connectivity index (χ2v) is 10.3. The fourth-order valence-electron chi connectivity index (χ4n) is 5.08. The molecule has 1 fully saturated rings. The summed E-state index contributed by atoms with van der Waals surface area (Å²) in [7, 11) is 1.82. The average Bonchev–Trinajstić information content (AvgIpc) is 3.28. The summed E-state index contributed by atoms with van der Waals surface area (Å²) in [6.45, 7) is 0.563. The van der Waals surface area contributed by atoms with Crippen molar-refractivity contribution in [2.45, 2.75) is 45.1 Å². The van der Waals surface area contributed by atoms with Crippen molar-refractivity contribution in [3.05, 3.63) is 82.9 Å². The number of aryl methyl sites for hydroxylation is 2. The summed E-state index contributed by atoms with van der Waals surface area (Å²) in [6, 6.07) is 19.6. The van der Waals surface area contributed by atoms with Crippen LogP contribution in [0, 0.1) is 5.92 Å². The third-order valence-corrected chi connectivity index (χ3v) is 7.55. The van der Waals surface area contributed by atoms with Crippen molar-refractivity contribution >= 4 is 46.1 Å². The number of imidazole rings is 1. The highest BCUT2D eigenvalue weighted by Crippen LogP contribution is 2.30. The molecule has 0 unspecified atom stereocenters. The van der Waals surface area contributed by atoms with Gasteiger partial charge in [0, 0.05) is 35.8 Å². The van der Waals surface area contributed by atoms with E-state index in [9.17, 15) is 14.7 Å². The van der Waals surface area contributed by atoms with Gasteiger partial charge in [-0.05, 0) is 79.4 Å². The van der Waals surface area contributed by atoms with Gasteiger partial charge in [0.2, 0.25) is 11.9 Å². The molecule has 0 saturated heterocycles. The number of hydrogen-bond donors (Lipinski definition) is 2. The minimum Gasteiger partial charge on any atom is -0.508 e. The molecule has 0 spiro atoms. The Hall–Kier alpha value is -3.84. The van der Waals surface area contributed by atoms with Gasteiger partial charge in [0.1, 0.15) is 5.75 Å². The van der Waals surface area contributed by atoms with Crippen LogP contribution >= 0.6 is 11.6 Å². The summed E-state index contributed by atoms with van der Waals surface area (Å²) in [5.74, 6) is 0.579. The first kappa shape index (κ1) is 25.8. The molecule has 0 bridgehead atoms. The van der Waals surface area contributed by atoms with Crippen LogP contribution in [0.15, 0.2) is 66.7 Å². The second kappa shape index (κ2) is 11.3. The van der Waals surface area contributed by atoms with E-state index in [0.29, 0.717) is 35.0 Å². The molecule has 3 aromatic carbocycles. The van der Waals surface area contributed by atoms with Crippen LogP contribution < -0.4 is 10.2 Å². The number of carbonyl (C=O) groups excluding carboxylic acids is 2. The van der Waals surface area contributed by atoms with E-state index >= 15 is 0 Å². The average molecular weight is 531 g/mol. The molecule has 1 saturated carbocycles. The van der Waals surface area contributed by atoms with E-state index in [1.165, 1.54) is 6.42 Å². The molecule has 1 aromatic heterocycles. The number of nitrogens with zero attached hydrogens (tertiary/aromatic N) is 3. The number of aromatic nitrogens is 2. The van der Waals surface area contributed by atoms with Gasteiger partial charge in [-0.1, -0.05) is 43.0 Å². The van der Waals surface area contributed by atoms with E-state index in [-0.39, 0.29) is 23.5 Å². The van der Waals surface area contributed by atoms with Crippen LogP contribution in [0.2, 0.25) is 5.02 Å². The summed E-state index contributed by atoms with van der Waals surface area (Å²) >= 11 is 5.98. The standard InChI is InChI=1S/C30H31ClN4O3/c1-34(29(38)22-5-3-2-4-6-22)24-13-16-27-26(19-24)32-30(33-28(37)21-9-11-23(31)12-10-21)35(27)18-17-20-7-14-25(36)15-8-20/h7-16,19,22,36H,2-6,17-18H2,1H3,(H,32,33,37). The maximum Gasteiger partial charge on any atom is 0.257 e. The number of phenols is 1. The van der Waals surface area contributed by atoms with E-state index in [0.717, 1.165) is 42.5 Å². The molecular weight excluding hydrogens is 500 g/mol. The highest BCUT2D eigenvalue weighted by molar-refractivity contribution is 6.30. The topological polar surface area (TPSA) is 87.5 Å². The monoisotopic (exact) mass is 530 g/mol. The number of carbonyl (C=O) groups is 2. The molecular formula is C30H31ClN4O3. The Morgan fingerprint density at radius 1 is 1.03 bits per heavy atom. The first-order valence-corrected chi connectivity index (χ1v) is 13.4. The van der Waals surface area contributed by atoms with Gasteiger partial charge < -0.3 is 14.6 Å². The van der Waals surface area contributed by atoms with Gasteiger partial charge in [-0.15, -0.1) is 0 Å². The van der Waals surface area contributed by atoms with Gasteiger partial charge in [-0.25, -0.2) is 4.98 Å². The van der Waals surface area contributed by atoms with E-state index in [4.69, 9.17) is 16.6 Å². The zero-order valence-corrected chi connectivity index (χ0v) is 22.1. The van der Waals surface area contributed by atoms with Gasteiger partial charge in [0.25, 0.3) is 5.91 Å². The van der Waals surface area contributed by atoms with Crippen LogP contribution in [0.3, 0.4) is 0 Å². The fraction of sp³-hybridized carbons (Fsp3) is 0.300. The Kier molecular flexibility index (Phi) is 7.65. The minimum atomic E-state index is -0.285. The lowest BCUT2D eigenvalue weighted by Gasteiger charge is -2.26. The van der Waals surface area contributed by atoms with E-state index < -0.39 is 0 Å². The van der Waals surface area contributed by atoms with E-state index in [1.54, 1.807) is 41.3 Å². The lowest BCUT2D eigenvalue weighted by atomic mass is 9.88. The third-order valence-electron chi connectivity index (χ3n) is 7.30. The maximum absolute atomic E-state index is 13.1. The maximum atomic E-state index is 13.1. The molecule has 0 aliphatic heterocycles. The largest absolute Gasteiger partial charge is 0.508 e. The predicted octanol–water partition coefficient (Wildman–Crippen LogP) is 6.43. The van der Waals surface area contributed by atoms with Crippen molar-refractivity contribution < 1.29 is 14.7 Å². The van der Waals surface area contributed by atoms with Crippen LogP contribution in [0.25, 0.3) is 11.0 Å². The number of anilines is 2. The summed E-state index contributed by atoms with van der Waals surface area (Å²) in [5.41, 5.74) is 3.87. The highest BCUT2D eigenvalue weighted by atomic mass is 35.5. The van der Waals surface area contributed by atoms with Crippen molar-refractivity contribution in [1.82, 2.24) is 9.55 Å². The van der Waals surface area contributed by atoms with Gasteiger partial charge in [-0.2, -0.15) is 0 Å². The molecule has 8 heteroatoms. The Morgan fingerprint density at radius 2 is 1.74 bits per heavy atom. The molecule has 2 amide bonds. The normalized spacial score (nSPS) is 13.9. The molecule has 4 aromatic rings. The van der Waals surface area contributed by atoms with E-state index in [2.05, 4.69) is 5.32 Å². The summed E-state index contributed by atoms with van der Waals surface area (Å²) in [4.78, 5) is 32.6. The van der Waals surface area contributed by atoms with Gasteiger partial charge in [0.05, 0.1) is 11.0 Å². The zero-order valence-electron chi connectivity index (χ0n) is 21.4. The Balaban J connectivity index is 1.44. The molecule has 7 nitrogen and oxygen atoms in total. The number of hydrogen-bond acceptors (Lipinski definition) is 4. The minimum absolute atomic E-state index is 0.0709. The number of nitrogens with one attached hydrogen (secondary N) is 1. The quantitative estimate of drug-likeness (QED) is 0.288. The SMILES string of the molecule is CN(C(=O)C1CCCCC1)c1ccc2c(c1)nc(NC(=O)c1ccc(Cl)cc1)n2CCc1ccc(O)cc1. The van der Waals surface area contributed by atoms with Gasteiger partial charge >= 0.3 is 0 Å².